The van der Waals surface area contributed by atoms with E-state index in [1.807, 2.05) is 0 Å². The molecule has 0 aliphatic rings. The summed E-state index contributed by atoms with van der Waals surface area (Å²) in [7, 11) is 0. The second-order valence-electron chi connectivity index (χ2n) is 1.96. The van der Waals surface area contributed by atoms with Crippen LogP contribution in [0.5, 0.6) is 0 Å². The Balaban J connectivity index is 2.63. The maximum absolute atomic E-state index is 10.5. The Labute approximate surface area is 66.0 Å². The molecular weight excluding hydrogens is 170 g/mol. The van der Waals surface area contributed by atoms with E-state index in [4.69, 9.17) is 0 Å². The van der Waals surface area contributed by atoms with E-state index in [0.717, 1.165) is 0 Å². The van der Waals surface area contributed by atoms with Crippen LogP contribution in [0.2, 0.25) is 0 Å². The van der Waals surface area contributed by atoms with Gasteiger partial charge in [-0.2, -0.15) is 0 Å². The fourth-order valence-corrected chi connectivity index (χ4v) is 0.564. The number of aromatic nitrogens is 2. The second-order valence-corrected chi connectivity index (χ2v) is 1.96. The highest BCUT2D eigenvalue weighted by Crippen LogP contribution is 1.99. The van der Waals surface area contributed by atoms with Crippen molar-refractivity contribution >= 4 is 0 Å². The molecule has 0 fully saturated rings. The maximum atomic E-state index is 10.5. The molecule has 1 heterocycles. The molecule has 8 nitrogen and oxygen atoms in total. The minimum Gasteiger partial charge on any atom is -0.359 e. The van der Waals surface area contributed by atoms with Gasteiger partial charge in [-0.25, -0.2) is 0 Å². The first-order valence-corrected chi connectivity index (χ1v) is 2.93. The van der Waals surface area contributed by atoms with Crippen LogP contribution in [0.25, 0.3) is 0 Å². The summed E-state index contributed by atoms with van der Waals surface area (Å²) in [5.74, 6) is 0. The number of hydrogen-bond donors (Lipinski definition) is 0. The molecule has 1 aromatic rings. The van der Waals surface area contributed by atoms with Gasteiger partial charge in [-0.05, 0) is 4.90 Å². The van der Waals surface area contributed by atoms with Crippen LogP contribution in [-0.2, 0) is 11.4 Å². The molecule has 0 bridgehead atoms. The Morgan fingerprint density at radius 2 is 2.50 bits per heavy atom. The van der Waals surface area contributed by atoms with Crippen molar-refractivity contribution in [2.45, 2.75) is 13.5 Å². The standard InChI is InChI=1S/C4H5N3O5/c1-3-4(2-11-7(9)10)5-12-6(3)8/h2H2,1H3. The Bertz CT molecular complexity index is 295. The molecule has 0 atom stereocenters. The van der Waals surface area contributed by atoms with E-state index >= 15 is 0 Å². The zero-order valence-electron chi connectivity index (χ0n) is 6.09. The normalized spacial score (nSPS) is 9.75. The van der Waals surface area contributed by atoms with Crippen molar-refractivity contribution in [3.63, 3.8) is 0 Å². The first-order chi connectivity index (χ1) is 5.61. The molecule has 0 spiro atoms. The van der Waals surface area contributed by atoms with Crippen LogP contribution in [0.15, 0.2) is 4.63 Å². The number of rotatable bonds is 3. The third-order valence-corrected chi connectivity index (χ3v) is 1.22. The van der Waals surface area contributed by atoms with Crippen LogP contribution in [0.4, 0.5) is 0 Å². The molecule has 0 saturated carbocycles. The Morgan fingerprint density at radius 1 is 1.83 bits per heavy atom. The predicted octanol–water partition coefficient (Wildman–Crippen LogP) is -0.675. The lowest BCUT2D eigenvalue weighted by Gasteiger charge is -1.90. The zero-order valence-corrected chi connectivity index (χ0v) is 6.09. The van der Waals surface area contributed by atoms with Gasteiger partial charge in [0.2, 0.25) is 5.69 Å². The molecule has 66 valence electrons. The smallest absolute Gasteiger partial charge is 0.294 e. The van der Waals surface area contributed by atoms with Crippen LogP contribution in [0.3, 0.4) is 0 Å². The lowest BCUT2D eigenvalue weighted by molar-refractivity contribution is -0.807. The van der Waals surface area contributed by atoms with Gasteiger partial charge in [0.05, 0.1) is 0 Å². The third-order valence-electron chi connectivity index (χ3n) is 1.22. The first kappa shape index (κ1) is 8.24. The lowest BCUT2D eigenvalue weighted by Crippen LogP contribution is -2.26. The second kappa shape index (κ2) is 3.03. The molecule has 0 amide bonds. The van der Waals surface area contributed by atoms with Crippen molar-refractivity contribution in [1.29, 1.82) is 0 Å². The van der Waals surface area contributed by atoms with Crippen molar-refractivity contribution in [2.24, 2.45) is 0 Å². The van der Waals surface area contributed by atoms with Crippen molar-refractivity contribution < 1.29 is 19.5 Å². The molecule has 0 unspecified atom stereocenters. The van der Waals surface area contributed by atoms with E-state index in [2.05, 4.69) is 14.6 Å². The predicted molar refractivity (Wildman–Crippen MR) is 32.0 cm³/mol. The molecule has 0 aromatic carbocycles. The summed E-state index contributed by atoms with van der Waals surface area (Å²) in [5, 5.41) is 22.5. The van der Waals surface area contributed by atoms with Crippen LogP contribution >= 0.6 is 0 Å². The van der Waals surface area contributed by atoms with E-state index < -0.39 is 5.09 Å². The fourth-order valence-electron chi connectivity index (χ4n) is 0.564. The van der Waals surface area contributed by atoms with Crippen LogP contribution in [-0.4, -0.2) is 10.2 Å². The van der Waals surface area contributed by atoms with E-state index in [0.29, 0.717) is 0 Å². The van der Waals surface area contributed by atoms with Gasteiger partial charge in [-0.15, -0.1) is 10.1 Å². The molecule has 0 radical (unpaired) electrons. The summed E-state index contributed by atoms with van der Waals surface area (Å²) in [4.78, 5) is 13.9. The molecular formula is C4H5N3O5. The average Bonchev–Trinajstić information content (AvgIpc) is 2.30. The lowest BCUT2D eigenvalue weighted by atomic mass is 10.4. The van der Waals surface area contributed by atoms with E-state index in [1.54, 1.807) is 0 Å². The van der Waals surface area contributed by atoms with Crippen molar-refractivity contribution in [3.8, 4) is 0 Å². The zero-order chi connectivity index (χ0) is 9.14. The van der Waals surface area contributed by atoms with Crippen molar-refractivity contribution in [1.82, 2.24) is 5.16 Å². The number of hydrogen-bond acceptors (Lipinski definition) is 6. The van der Waals surface area contributed by atoms with Gasteiger partial charge in [0.1, 0.15) is 0 Å². The van der Waals surface area contributed by atoms with Gasteiger partial charge < -0.3 is 10.0 Å². The van der Waals surface area contributed by atoms with Crippen LogP contribution in [0.1, 0.15) is 11.4 Å². The molecule has 0 aliphatic heterocycles. The molecule has 1 aromatic heterocycles. The van der Waals surface area contributed by atoms with Gasteiger partial charge in [0, 0.05) is 12.1 Å². The van der Waals surface area contributed by atoms with Crippen molar-refractivity contribution in [3.05, 3.63) is 26.7 Å². The topological polar surface area (TPSA) is 105 Å². The van der Waals surface area contributed by atoms with Gasteiger partial charge >= 0.3 is 0 Å². The summed E-state index contributed by atoms with van der Waals surface area (Å²) >= 11 is 0. The summed E-state index contributed by atoms with van der Waals surface area (Å²) in [6.07, 6.45) is 0. The van der Waals surface area contributed by atoms with Crippen molar-refractivity contribution in [2.75, 3.05) is 0 Å². The molecule has 0 N–H and O–H groups in total. The minimum atomic E-state index is -0.969. The first-order valence-electron chi connectivity index (χ1n) is 2.93. The SMILES string of the molecule is Cc1c(CO[N+](=O)[O-])no[n+]1[O-]. The van der Waals surface area contributed by atoms with E-state index in [-0.39, 0.29) is 22.9 Å². The summed E-state index contributed by atoms with van der Waals surface area (Å²) in [6.45, 7) is 1.04. The Kier molecular flexibility index (Phi) is 2.08. The Morgan fingerprint density at radius 3 is 2.92 bits per heavy atom. The van der Waals surface area contributed by atoms with Crippen LogP contribution in [0, 0.1) is 22.2 Å². The largest absolute Gasteiger partial charge is 0.359 e. The van der Waals surface area contributed by atoms with E-state index in [1.165, 1.54) is 6.92 Å². The highest BCUT2D eigenvalue weighted by atomic mass is 16.9. The van der Waals surface area contributed by atoms with Gasteiger partial charge in [0.15, 0.2) is 12.3 Å². The summed E-state index contributed by atoms with van der Waals surface area (Å²) in [5.41, 5.74) is 0.263. The molecule has 12 heavy (non-hydrogen) atoms. The van der Waals surface area contributed by atoms with Gasteiger partial charge in [-0.3, -0.25) is 4.63 Å². The average molecular weight is 175 g/mol. The van der Waals surface area contributed by atoms with Gasteiger partial charge in [0.25, 0.3) is 5.09 Å². The molecule has 0 aliphatic carbocycles. The highest BCUT2D eigenvalue weighted by molar-refractivity contribution is 4.98. The van der Waals surface area contributed by atoms with Gasteiger partial charge in [-0.1, -0.05) is 0 Å². The summed E-state index contributed by atoms with van der Waals surface area (Å²) < 4.78 is 4.14. The maximum Gasteiger partial charge on any atom is 0.294 e. The molecule has 0 saturated heterocycles. The monoisotopic (exact) mass is 175 g/mol. The molecule has 8 heteroatoms. The molecule has 1 rings (SSSR count). The summed E-state index contributed by atoms with van der Waals surface area (Å²) in [6, 6.07) is 0. The fraction of sp³-hybridized carbons (Fsp3) is 0.500. The van der Waals surface area contributed by atoms with E-state index in [9.17, 15) is 15.3 Å². The quantitative estimate of drug-likeness (QED) is 0.342. The highest BCUT2D eigenvalue weighted by Gasteiger charge is 2.15. The van der Waals surface area contributed by atoms with Crippen LogP contribution < -0.4 is 4.90 Å². The number of nitrogens with zero attached hydrogens (tertiary/aromatic N) is 3. The Hall–Kier alpha value is -1.86. The third kappa shape index (κ3) is 1.59. The minimum absolute atomic E-state index is 0.113.